The molecule has 2 N–H and O–H groups in total. The van der Waals surface area contributed by atoms with E-state index in [2.05, 4.69) is 35.9 Å². The normalized spacial score (nSPS) is 10.7. The zero-order chi connectivity index (χ0) is 11.3. The zero-order valence-corrected chi connectivity index (χ0v) is 9.77. The van der Waals surface area contributed by atoms with E-state index in [1.54, 1.807) is 0 Å². The third-order valence-electron chi connectivity index (χ3n) is 2.33. The van der Waals surface area contributed by atoms with Gasteiger partial charge >= 0.3 is 0 Å². The Morgan fingerprint density at radius 1 is 1.27 bits per heavy atom. The van der Waals surface area contributed by atoms with Gasteiger partial charge in [0, 0.05) is 38.6 Å². The lowest BCUT2D eigenvalue weighted by atomic mass is 10.3. The first kappa shape index (κ1) is 11.9. The van der Waals surface area contributed by atoms with Gasteiger partial charge in [0.2, 0.25) is 0 Å². The first-order chi connectivity index (χ1) is 7.13. The molecule has 0 aromatic carbocycles. The summed E-state index contributed by atoms with van der Waals surface area (Å²) in [4.78, 5) is 8.55. The molecular weight excluding hydrogens is 188 g/mol. The molecule has 4 heteroatoms. The van der Waals surface area contributed by atoms with Crippen molar-refractivity contribution >= 4 is 5.69 Å². The highest BCUT2D eigenvalue weighted by molar-refractivity contribution is 5.45. The van der Waals surface area contributed by atoms with E-state index in [9.17, 15) is 0 Å². The summed E-state index contributed by atoms with van der Waals surface area (Å²) < 4.78 is 0. The second kappa shape index (κ2) is 5.68. The number of likely N-dealkylation sites (N-methyl/N-ethyl adjacent to an activating group) is 2. The fourth-order valence-electron chi connectivity index (χ4n) is 1.29. The van der Waals surface area contributed by atoms with Gasteiger partial charge in [-0.05, 0) is 26.2 Å². The number of rotatable bonds is 5. The SMILES string of the molecule is CN(C)CCN(C)c1ccnc(CN)c1. The number of hydrogen-bond donors (Lipinski definition) is 1. The summed E-state index contributed by atoms with van der Waals surface area (Å²) in [6.07, 6.45) is 1.81. The van der Waals surface area contributed by atoms with Crippen molar-refractivity contribution in [1.82, 2.24) is 9.88 Å². The molecular formula is C11H20N4. The Bertz CT molecular complexity index is 298. The fraction of sp³-hybridized carbons (Fsp3) is 0.545. The predicted octanol–water partition coefficient (Wildman–Crippen LogP) is 0.538. The maximum absolute atomic E-state index is 5.55. The van der Waals surface area contributed by atoms with Gasteiger partial charge in [0.25, 0.3) is 0 Å². The summed E-state index contributed by atoms with van der Waals surface area (Å²) in [5.41, 5.74) is 7.66. The van der Waals surface area contributed by atoms with Gasteiger partial charge in [-0.25, -0.2) is 0 Å². The summed E-state index contributed by atoms with van der Waals surface area (Å²) in [7, 11) is 6.23. The molecule has 0 bridgehead atoms. The molecule has 0 aliphatic carbocycles. The maximum atomic E-state index is 5.55. The minimum Gasteiger partial charge on any atom is -0.373 e. The summed E-state index contributed by atoms with van der Waals surface area (Å²) >= 11 is 0. The minimum absolute atomic E-state index is 0.495. The smallest absolute Gasteiger partial charge is 0.0560 e. The molecule has 0 unspecified atom stereocenters. The van der Waals surface area contributed by atoms with E-state index in [4.69, 9.17) is 5.73 Å². The first-order valence-electron chi connectivity index (χ1n) is 5.14. The van der Waals surface area contributed by atoms with E-state index in [0.29, 0.717) is 6.54 Å². The van der Waals surface area contributed by atoms with Crippen molar-refractivity contribution in [1.29, 1.82) is 0 Å². The van der Waals surface area contributed by atoms with Crippen LogP contribution >= 0.6 is 0 Å². The number of nitrogens with two attached hydrogens (primary N) is 1. The van der Waals surface area contributed by atoms with Crippen LogP contribution in [0.25, 0.3) is 0 Å². The molecule has 84 valence electrons. The molecule has 15 heavy (non-hydrogen) atoms. The predicted molar refractivity (Wildman–Crippen MR) is 64.0 cm³/mol. The molecule has 1 rings (SSSR count). The van der Waals surface area contributed by atoms with Crippen molar-refractivity contribution in [2.75, 3.05) is 39.1 Å². The summed E-state index contributed by atoms with van der Waals surface area (Å²) in [5, 5.41) is 0. The van der Waals surface area contributed by atoms with Gasteiger partial charge in [-0.15, -0.1) is 0 Å². The Morgan fingerprint density at radius 3 is 2.60 bits per heavy atom. The summed E-state index contributed by atoms with van der Waals surface area (Å²) in [6.45, 7) is 2.53. The van der Waals surface area contributed by atoms with Crippen molar-refractivity contribution < 1.29 is 0 Å². The topological polar surface area (TPSA) is 45.4 Å². The number of aromatic nitrogens is 1. The van der Waals surface area contributed by atoms with Crippen LogP contribution in [-0.2, 0) is 6.54 Å². The van der Waals surface area contributed by atoms with Crippen molar-refractivity contribution in [3.05, 3.63) is 24.0 Å². The molecule has 1 aromatic rings. The van der Waals surface area contributed by atoms with Gasteiger partial charge in [-0.1, -0.05) is 0 Å². The Kier molecular flexibility index (Phi) is 4.52. The quantitative estimate of drug-likeness (QED) is 0.767. The summed E-state index contributed by atoms with van der Waals surface area (Å²) in [6, 6.07) is 4.05. The fourth-order valence-corrected chi connectivity index (χ4v) is 1.29. The average Bonchev–Trinajstić information content (AvgIpc) is 2.26. The van der Waals surface area contributed by atoms with Crippen molar-refractivity contribution in [3.8, 4) is 0 Å². The van der Waals surface area contributed by atoms with Crippen molar-refractivity contribution in [3.63, 3.8) is 0 Å². The Labute approximate surface area is 91.7 Å². The molecule has 1 heterocycles. The van der Waals surface area contributed by atoms with Crippen molar-refractivity contribution in [2.24, 2.45) is 5.73 Å². The number of anilines is 1. The van der Waals surface area contributed by atoms with Crippen LogP contribution in [0.5, 0.6) is 0 Å². The molecule has 0 radical (unpaired) electrons. The van der Waals surface area contributed by atoms with E-state index in [1.807, 2.05) is 18.3 Å². The highest BCUT2D eigenvalue weighted by Crippen LogP contribution is 2.12. The third kappa shape index (κ3) is 3.85. The molecule has 4 nitrogen and oxygen atoms in total. The Hall–Kier alpha value is -1.13. The van der Waals surface area contributed by atoms with Crippen LogP contribution < -0.4 is 10.6 Å². The van der Waals surface area contributed by atoms with Crippen LogP contribution in [0, 0.1) is 0 Å². The molecule has 0 aliphatic heterocycles. The molecule has 0 amide bonds. The van der Waals surface area contributed by atoms with Gasteiger partial charge in [0.05, 0.1) is 5.69 Å². The van der Waals surface area contributed by atoms with Gasteiger partial charge in [0.15, 0.2) is 0 Å². The van der Waals surface area contributed by atoms with Crippen LogP contribution in [0.4, 0.5) is 5.69 Å². The van der Waals surface area contributed by atoms with E-state index in [-0.39, 0.29) is 0 Å². The second-order valence-corrected chi connectivity index (χ2v) is 3.93. The van der Waals surface area contributed by atoms with Crippen molar-refractivity contribution in [2.45, 2.75) is 6.54 Å². The molecule has 0 spiro atoms. The highest BCUT2D eigenvalue weighted by atomic mass is 15.2. The number of nitrogens with zero attached hydrogens (tertiary/aromatic N) is 3. The van der Waals surface area contributed by atoms with Crippen LogP contribution in [0.15, 0.2) is 18.3 Å². The standard InChI is InChI=1S/C11H20N4/c1-14(2)6-7-15(3)11-4-5-13-10(8-11)9-12/h4-5,8H,6-7,9,12H2,1-3H3. The Morgan fingerprint density at radius 2 is 2.00 bits per heavy atom. The third-order valence-corrected chi connectivity index (χ3v) is 2.33. The first-order valence-corrected chi connectivity index (χ1v) is 5.14. The molecule has 0 saturated carbocycles. The lowest BCUT2D eigenvalue weighted by Crippen LogP contribution is -2.28. The highest BCUT2D eigenvalue weighted by Gasteiger charge is 2.02. The van der Waals surface area contributed by atoms with Crippen LogP contribution in [0.3, 0.4) is 0 Å². The Balaban J connectivity index is 2.60. The minimum atomic E-state index is 0.495. The number of pyridine rings is 1. The van der Waals surface area contributed by atoms with Crippen LogP contribution in [0.2, 0.25) is 0 Å². The molecule has 0 atom stereocenters. The lowest BCUT2D eigenvalue weighted by molar-refractivity contribution is 0.416. The monoisotopic (exact) mass is 208 g/mol. The lowest BCUT2D eigenvalue weighted by Gasteiger charge is -2.21. The van der Waals surface area contributed by atoms with E-state index >= 15 is 0 Å². The van der Waals surface area contributed by atoms with E-state index in [0.717, 1.165) is 18.8 Å². The van der Waals surface area contributed by atoms with Gasteiger partial charge in [0.1, 0.15) is 0 Å². The zero-order valence-electron chi connectivity index (χ0n) is 9.77. The average molecular weight is 208 g/mol. The number of hydrogen-bond acceptors (Lipinski definition) is 4. The van der Waals surface area contributed by atoms with Crippen LogP contribution in [-0.4, -0.2) is 44.1 Å². The van der Waals surface area contributed by atoms with Gasteiger partial charge in [-0.2, -0.15) is 0 Å². The molecule has 0 fully saturated rings. The van der Waals surface area contributed by atoms with Gasteiger partial charge in [-0.3, -0.25) is 4.98 Å². The van der Waals surface area contributed by atoms with Gasteiger partial charge < -0.3 is 15.5 Å². The van der Waals surface area contributed by atoms with Crippen LogP contribution in [0.1, 0.15) is 5.69 Å². The summed E-state index contributed by atoms with van der Waals surface area (Å²) in [5.74, 6) is 0. The van der Waals surface area contributed by atoms with E-state index in [1.165, 1.54) is 5.69 Å². The largest absolute Gasteiger partial charge is 0.373 e. The molecule has 0 aliphatic rings. The molecule has 0 saturated heterocycles. The second-order valence-electron chi connectivity index (χ2n) is 3.93. The molecule has 1 aromatic heterocycles. The van der Waals surface area contributed by atoms with E-state index < -0.39 is 0 Å². The maximum Gasteiger partial charge on any atom is 0.0560 e.